The minimum atomic E-state index is 0.0772. The van der Waals surface area contributed by atoms with Crippen molar-refractivity contribution in [2.45, 2.75) is 18.6 Å². The molecule has 2 aromatic rings. The zero-order valence-electron chi connectivity index (χ0n) is 11.6. The number of hydrogen-bond acceptors (Lipinski definition) is 3. The molecule has 0 aliphatic heterocycles. The van der Waals surface area contributed by atoms with Crippen LogP contribution in [0.15, 0.2) is 36.7 Å². The second-order valence-corrected chi connectivity index (χ2v) is 6.03. The van der Waals surface area contributed by atoms with E-state index in [1.54, 1.807) is 24.2 Å². The van der Waals surface area contributed by atoms with E-state index in [9.17, 15) is 4.79 Å². The molecule has 0 unspecified atom stereocenters. The minimum Gasteiger partial charge on any atom is -0.355 e. The van der Waals surface area contributed by atoms with Crippen LogP contribution in [-0.4, -0.2) is 28.2 Å². The summed E-state index contributed by atoms with van der Waals surface area (Å²) in [6, 6.07) is 7.70. The molecule has 0 saturated heterocycles. The Balaban J connectivity index is 1.54. The molecule has 2 N–H and O–H groups in total. The maximum absolute atomic E-state index is 11.7. The van der Waals surface area contributed by atoms with Gasteiger partial charge in [0.15, 0.2) is 0 Å². The molecule has 1 aromatic heterocycles. The van der Waals surface area contributed by atoms with Crippen LogP contribution in [0.5, 0.6) is 0 Å². The Bertz CT molecular complexity index is 543. The Morgan fingerprint density at radius 3 is 2.86 bits per heavy atom. The number of carbonyl (C=O) groups excluding carboxylic acids is 1. The zero-order valence-corrected chi connectivity index (χ0v) is 13.2. The fourth-order valence-electron chi connectivity index (χ4n) is 1.81. The van der Waals surface area contributed by atoms with E-state index in [4.69, 9.17) is 11.6 Å². The molecule has 2 rings (SSSR count). The van der Waals surface area contributed by atoms with Crippen molar-refractivity contribution in [3.63, 3.8) is 0 Å². The van der Waals surface area contributed by atoms with E-state index in [2.05, 4.69) is 15.3 Å². The third-order valence-electron chi connectivity index (χ3n) is 2.88. The van der Waals surface area contributed by atoms with Crippen LogP contribution in [0.25, 0.3) is 0 Å². The van der Waals surface area contributed by atoms with Crippen LogP contribution in [0.1, 0.15) is 17.8 Å². The van der Waals surface area contributed by atoms with Crippen LogP contribution < -0.4 is 5.32 Å². The Labute approximate surface area is 133 Å². The quantitative estimate of drug-likeness (QED) is 0.734. The van der Waals surface area contributed by atoms with E-state index < -0.39 is 0 Å². The fourth-order valence-corrected chi connectivity index (χ4v) is 2.76. The van der Waals surface area contributed by atoms with Crippen LogP contribution in [0.3, 0.4) is 0 Å². The van der Waals surface area contributed by atoms with E-state index in [1.165, 1.54) is 5.56 Å². The number of amides is 1. The molecule has 6 heteroatoms. The molecule has 4 nitrogen and oxygen atoms in total. The first-order valence-corrected chi connectivity index (χ1v) is 8.34. The van der Waals surface area contributed by atoms with Gasteiger partial charge in [-0.1, -0.05) is 23.7 Å². The number of H-pyrrole nitrogens is 1. The molecule has 0 spiro atoms. The molecular formula is C15H18ClN3OS. The Kier molecular flexibility index (Phi) is 6.63. The summed E-state index contributed by atoms with van der Waals surface area (Å²) in [6.45, 7) is 0.682. The summed E-state index contributed by atoms with van der Waals surface area (Å²) in [5.74, 6) is 2.33. The molecule has 0 bridgehead atoms. The molecule has 1 heterocycles. The highest BCUT2D eigenvalue weighted by molar-refractivity contribution is 7.99. The van der Waals surface area contributed by atoms with Gasteiger partial charge in [0.1, 0.15) is 5.82 Å². The maximum atomic E-state index is 11.7. The predicted molar refractivity (Wildman–Crippen MR) is 87.5 cm³/mol. The lowest BCUT2D eigenvalue weighted by molar-refractivity contribution is -0.118. The molecule has 1 amide bonds. The molecule has 21 heavy (non-hydrogen) atoms. The average Bonchev–Trinajstić information content (AvgIpc) is 2.99. The lowest BCUT2D eigenvalue weighted by Gasteiger charge is -2.05. The number of nitrogens with one attached hydrogen (secondary N) is 2. The third-order valence-corrected chi connectivity index (χ3v) is 4.14. The zero-order chi connectivity index (χ0) is 14.9. The number of halogens is 1. The van der Waals surface area contributed by atoms with Gasteiger partial charge in [0.05, 0.1) is 5.75 Å². The lowest BCUT2D eigenvalue weighted by Crippen LogP contribution is -2.26. The number of imidazole rings is 1. The molecule has 0 aliphatic rings. The Morgan fingerprint density at radius 2 is 2.14 bits per heavy atom. The van der Waals surface area contributed by atoms with Crippen molar-refractivity contribution in [1.29, 1.82) is 0 Å². The summed E-state index contributed by atoms with van der Waals surface area (Å²) in [7, 11) is 0. The van der Waals surface area contributed by atoms with Gasteiger partial charge in [-0.3, -0.25) is 4.79 Å². The Hall–Kier alpha value is -1.46. The normalized spacial score (nSPS) is 10.5. The van der Waals surface area contributed by atoms with Gasteiger partial charge in [-0.15, -0.1) is 11.8 Å². The first kappa shape index (κ1) is 15.9. The summed E-state index contributed by atoms with van der Waals surface area (Å²) < 4.78 is 0. The summed E-state index contributed by atoms with van der Waals surface area (Å²) in [5, 5.41) is 3.65. The van der Waals surface area contributed by atoms with Gasteiger partial charge in [-0.2, -0.15) is 0 Å². The van der Waals surface area contributed by atoms with E-state index in [0.717, 1.165) is 29.4 Å². The molecule has 0 radical (unpaired) electrons. The van der Waals surface area contributed by atoms with Crippen molar-refractivity contribution >= 4 is 29.3 Å². The summed E-state index contributed by atoms with van der Waals surface area (Å²) in [4.78, 5) is 18.9. The first-order chi connectivity index (χ1) is 10.2. The summed E-state index contributed by atoms with van der Waals surface area (Å²) in [5.41, 5.74) is 1.18. The first-order valence-electron chi connectivity index (χ1n) is 6.81. The van der Waals surface area contributed by atoms with E-state index >= 15 is 0 Å². The van der Waals surface area contributed by atoms with Crippen molar-refractivity contribution in [3.8, 4) is 0 Å². The largest absolute Gasteiger partial charge is 0.355 e. The minimum absolute atomic E-state index is 0.0772. The highest BCUT2D eigenvalue weighted by Crippen LogP contribution is 2.15. The topological polar surface area (TPSA) is 57.8 Å². The van der Waals surface area contributed by atoms with Crippen molar-refractivity contribution in [1.82, 2.24) is 15.3 Å². The maximum Gasteiger partial charge on any atom is 0.230 e. The number of benzene rings is 1. The predicted octanol–water partition coefficient (Wildman–Crippen LogP) is 3.05. The number of carbonyl (C=O) groups is 1. The molecule has 0 saturated carbocycles. The van der Waals surface area contributed by atoms with Gasteiger partial charge in [0.2, 0.25) is 5.91 Å². The standard InChI is InChI=1S/C15H18ClN3OS/c16-13-5-3-12(4-6-13)10-21-11-15(20)19-7-1-2-14-17-8-9-18-14/h3-6,8-9H,1-2,7,10-11H2,(H,17,18)(H,19,20). The summed E-state index contributed by atoms with van der Waals surface area (Å²) >= 11 is 7.43. The van der Waals surface area contributed by atoms with Crippen molar-refractivity contribution in [2.24, 2.45) is 0 Å². The van der Waals surface area contributed by atoms with E-state index in [-0.39, 0.29) is 5.91 Å². The molecular weight excluding hydrogens is 306 g/mol. The number of rotatable bonds is 8. The smallest absolute Gasteiger partial charge is 0.230 e. The van der Waals surface area contributed by atoms with Crippen LogP contribution in [-0.2, 0) is 17.0 Å². The van der Waals surface area contributed by atoms with Crippen LogP contribution in [0.2, 0.25) is 5.02 Å². The molecule has 1 aromatic carbocycles. The number of nitrogens with zero attached hydrogens (tertiary/aromatic N) is 1. The van der Waals surface area contributed by atoms with Crippen molar-refractivity contribution in [2.75, 3.05) is 12.3 Å². The van der Waals surface area contributed by atoms with Crippen LogP contribution >= 0.6 is 23.4 Å². The number of aromatic amines is 1. The van der Waals surface area contributed by atoms with Crippen molar-refractivity contribution < 1.29 is 4.79 Å². The van der Waals surface area contributed by atoms with Gasteiger partial charge in [0.25, 0.3) is 0 Å². The summed E-state index contributed by atoms with van der Waals surface area (Å²) in [6.07, 6.45) is 5.29. The van der Waals surface area contributed by atoms with Gasteiger partial charge >= 0.3 is 0 Å². The molecule has 0 aliphatic carbocycles. The third kappa shape index (κ3) is 6.23. The van der Waals surface area contributed by atoms with E-state index in [0.29, 0.717) is 12.3 Å². The van der Waals surface area contributed by atoms with Gasteiger partial charge in [0, 0.05) is 36.1 Å². The van der Waals surface area contributed by atoms with Crippen LogP contribution in [0, 0.1) is 0 Å². The number of aryl methyl sites for hydroxylation is 1. The van der Waals surface area contributed by atoms with Crippen molar-refractivity contribution in [3.05, 3.63) is 53.1 Å². The average molecular weight is 324 g/mol. The molecule has 112 valence electrons. The highest BCUT2D eigenvalue weighted by Gasteiger charge is 2.02. The van der Waals surface area contributed by atoms with Gasteiger partial charge in [-0.05, 0) is 24.1 Å². The molecule has 0 fully saturated rings. The number of hydrogen-bond donors (Lipinski definition) is 2. The fraction of sp³-hybridized carbons (Fsp3) is 0.333. The monoisotopic (exact) mass is 323 g/mol. The second kappa shape index (κ2) is 8.74. The van der Waals surface area contributed by atoms with Gasteiger partial charge < -0.3 is 10.3 Å². The lowest BCUT2D eigenvalue weighted by atomic mass is 10.2. The van der Waals surface area contributed by atoms with Crippen LogP contribution in [0.4, 0.5) is 0 Å². The van der Waals surface area contributed by atoms with E-state index in [1.807, 2.05) is 24.3 Å². The second-order valence-electron chi connectivity index (χ2n) is 4.61. The highest BCUT2D eigenvalue weighted by atomic mass is 35.5. The van der Waals surface area contributed by atoms with Gasteiger partial charge in [-0.25, -0.2) is 4.98 Å². The molecule has 0 atom stereocenters. The number of aromatic nitrogens is 2. The SMILES string of the molecule is O=C(CSCc1ccc(Cl)cc1)NCCCc1ncc[nH]1. The Morgan fingerprint density at radius 1 is 1.33 bits per heavy atom. The number of thioether (sulfide) groups is 1.